The fourth-order valence-corrected chi connectivity index (χ4v) is 2.58. The van der Waals surface area contributed by atoms with Gasteiger partial charge in [-0.15, -0.1) is 12.4 Å². The van der Waals surface area contributed by atoms with E-state index in [-0.39, 0.29) is 24.4 Å². The molecule has 0 aromatic carbocycles. The summed E-state index contributed by atoms with van der Waals surface area (Å²) in [7, 11) is 0. The molecule has 0 saturated heterocycles. The second kappa shape index (κ2) is 8.76. The summed E-state index contributed by atoms with van der Waals surface area (Å²) in [5, 5.41) is 0. The highest BCUT2D eigenvalue weighted by atomic mass is 35.5. The Bertz CT molecular complexity index is 211. The molecule has 4 heteroatoms. The summed E-state index contributed by atoms with van der Waals surface area (Å²) in [5.74, 6) is 0.542. The lowest BCUT2D eigenvalue weighted by Gasteiger charge is -2.31. The van der Waals surface area contributed by atoms with Crippen LogP contribution in [0.5, 0.6) is 0 Å². The fourth-order valence-electron chi connectivity index (χ4n) is 2.58. The molecule has 1 fully saturated rings. The van der Waals surface area contributed by atoms with Crippen molar-refractivity contribution in [1.82, 2.24) is 4.90 Å². The van der Waals surface area contributed by atoms with Gasteiger partial charge in [-0.05, 0) is 32.1 Å². The zero-order valence-electron chi connectivity index (χ0n) is 11.2. The number of hydrogen-bond donors (Lipinski definition) is 1. The van der Waals surface area contributed by atoms with Crippen LogP contribution < -0.4 is 5.73 Å². The van der Waals surface area contributed by atoms with Gasteiger partial charge in [-0.3, -0.25) is 4.79 Å². The predicted molar refractivity (Wildman–Crippen MR) is 74.3 cm³/mol. The Labute approximate surface area is 112 Å². The number of halogens is 1. The third-order valence-electron chi connectivity index (χ3n) is 3.36. The van der Waals surface area contributed by atoms with Crippen LogP contribution in [0, 0.1) is 5.92 Å². The summed E-state index contributed by atoms with van der Waals surface area (Å²) < 4.78 is 0. The van der Waals surface area contributed by atoms with Crippen molar-refractivity contribution in [3.63, 3.8) is 0 Å². The highest BCUT2D eigenvalue weighted by molar-refractivity contribution is 5.85. The SMILES string of the molecule is CCCN(CCC)C(=O)C1CCCC(N)C1.Cl. The van der Waals surface area contributed by atoms with Crippen molar-refractivity contribution in [1.29, 1.82) is 0 Å². The van der Waals surface area contributed by atoms with E-state index >= 15 is 0 Å². The van der Waals surface area contributed by atoms with Crippen LogP contribution in [0.4, 0.5) is 0 Å². The lowest BCUT2D eigenvalue weighted by Crippen LogP contribution is -2.41. The standard InChI is InChI=1S/C13H26N2O.ClH/c1-3-8-15(9-4-2)13(16)11-6-5-7-12(14)10-11;/h11-12H,3-10,14H2,1-2H3;1H. The van der Waals surface area contributed by atoms with Gasteiger partial charge in [0.15, 0.2) is 0 Å². The first kappa shape index (κ1) is 16.7. The second-order valence-corrected chi connectivity index (χ2v) is 4.95. The molecule has 0 aliphatic heterocycles. The van der Waals surface area contributed by atoms with Gasteiger partial charge in [0.25, 0.3) is 0 Å². The van der Waals surface area contributed by atoms with E-state index in [4.69, 9.17) is 5.73 Å². The van der Waals surface area contributed by atoms with Gasteiger partial charge in [0, 0.05) is 25.0 Å². The third kappa shape index (κ3) is 5.26. The van der Waals surface area contributed by atoms with Crippen molar-refractivity contribution in [3.8, 4) is 0 Å². The lowest BCUT2D eigenvalue weighted by atomic mass is 9.85. The second-order valence-electron chi connectivity index (χ2n) is 4.95. The van der Waals surface area contributed by atoms with Crippen molar-refractivity contribution >= 4 is 18.3 Å². The predicted octanol–water partition coefficient (Wildman–Crippen LogP) is 2.57. The van der Waals surface area contributed by atoms with Crippen LogP contribution in [0.1, 0.15) is 52.4 Å². The smallest absolute Gasteiger partial charge is 0.225 e. The first-order valence-corrected chi connectivity index (χ1v) is 6.73. The number of nitrogens with zero attached hydrogens (tertiary/aromatic N) is 1. The van der Waals surface area contributed by atoms with E-state index in [1.165, 1.54) is 0 Å². The zero-order valence-corrected chi connectivity index (χ0v) is 12.0. The van der Waals surface area contributed by atoms with Crippen LogP contribution in [0.2, 0.25) is 0 Å². The Hall–Kier alpha value is -0.280. The van der Waals surface area contributed by atoms with E-state index in [1.807, 2.05) is 4.90 Å². The van der Waals surface area contributed by atoms with Crippen LogP contribution in [0.25, 0.3) is 0 Å². The molecule has 0 spiro atoms. The molecule has 1 aliphatic rings. The summed E-state index contributed by atoms with van der Waals surface area (Å²) in [6.07, 6.45) is 6.23. The number of nitrogens with two attached hydrogens (primary N) is 1. The molecular weight excluding hydrogens is 236 g/mol. The van der Waals surface area contributed by atoms with Gasteiger partial charge in [-0.1, -0.05) is 20.3 Å². The molecule has 17 heavy (non-hydrogen) atoms. The Morgan fingerprint density at radius 2 is 1.82 bits per heavy atom. The van der Waals surface area contributed by atoms with E-state index < -0.39 is 0 Å². The Kier molecular flexibility index (Phi) is 8.61. The molecule has 1 aliphatic carbocycles. The van der Waals surface area contributed by atoms with Gasteiger partial charge < -0.3 is 10.6 Å². The van der Waals surface area contributed by atoms with Crippen molar-refractivity contribution in [2.24, 2.45) is 11.7 Å². The van der Waals surface area contributed by atoms with Crippen molar-refractivity contribution in [3.05, 3.63) is 0 Å². The molecule has 0 aromatic heterocycles. The maximum Gasteiger partial charge on any atom is 0.225 e. The third-order valence-corrected chi connectivity index (χ3v) is 3.36. The first-order valence-electron chi connectivity index (χ1n) is 6.73. The normalized spacial score (nSPS) is 23.9. The largest absolute Gasteiger partial charge is 0.342 e. The molecule has 2 unspecified atom stereocenters. The summed E-state index contributed by atoms with van der Waals surface area (Å²) in [4.78, 5) is 14.3. The molecule has 2 atom stereocenters. The maximum absolute atomic E-state index is 12.3. The van der Waals surface area contributed by atoms with Crippen LogP contribution >= 0.6 is 12.4 Å². The summed E-state index contributed by atoms with van der Waals surface area (Å²) >= 11 is 0. The highest BCUT2D eigenvalue weighted by Gasteiger charge is 2.28. The number of amides is 1. The van der Waals surface area contributed by atoms with Gasteiger partial charge in [-0.2, -0.15) is 0 Å². The molecule has 102 valence electrons. The average Bonchev–Trinajstić information content (AvgIpc) is 2.28. The molecular formula is C13H27ClN2O. The van der Waals surface area contributed by atoms with Gasteiger partial charge in [0.2, 0.25) is 5.91 Å². The molecule has 0 heterocycles. The molecule has 1 rings (SSSR count). The average molecular weight is 263 g/mol. The van der Waals surface area contributed by atoms with Crippen molar-refractivity contribution < 1.29 is 4.79 Å². The molecule has 0 aromatic rings. The zero-order chi connectivity index (χ0) is 12.0. The molecule has 1 amide bonds. The minimum Gasteiger partial charge on any atom is -0.342 e. The number of rotatable bonds is 5. The minimum absolute atomic E-state index is 0. The van der Waals surface area contributed by atoms with Gasteiger partial charge in [0.1, 0.15) is 0 Å². The number of carbonyl (C=O) groups is 1. The Morgan fingerprint density at radius 1 is 1.24 bits per heavy atom. The minimum atomic E-state index is 0. The van der Waals surface area contributed by atoms with Gasteiger partial charge in [0.05, 0.1) is 0 Å². The molecule has 2 N–H and O–H groups in total. The highest BCUT2D eigenvalue weighted by Crippen LogP contribution is 2.25. The molecule has 0 radical (unpaired) electrons. The van der Waals surface area contributed by atoms with E-state index in [2.05, 4.69) is 13.8 Å². The Morgan fingerprint density at radius 3 is 2.29 bits per heavy atom. The van der Waals surface area contributed by atoms with Crippen molar-refractivity contribution in [2.75, 3.05) is 13.1 Å². The first-order chi connectivity index (χ1) is 7.69. The number of carbonyl (C=O) groups excluding carboxylic acids is 1. The van der Waals surface area contributed by atoms with Crippen LogP contribution in [-0.4, -0.2) is 29.9 Å². The summed E-state index contributed by atoms with van der Waals surface area (Å²) in [6.45, 7) is 6.06. The molecule has 3 nitrogen and oxygen atoms in total. The summed E-state index contributed by atoms with van der Waals surface area (Å²) in [5.41, 5.74) is 5.94. The van der Waals surface area contributed by atoms with Gasteiger partial charge >= 0.3 is 0 Å². The monoisotopic (exact) mass is 262 g/mol. The van der Waals surface area contributed by atoms with Crippen LogP contribution in [0.15, 0.2) is 0 Å². The number of hydrogen-bond acceptors (Lipinski definition) is 2. The van der Waals surface area contributed by atoms with Crippen LogP contribution in [-0.2, 0) is 4.79 Å². The van der Waals surface area contributed by atoms with E-state index in [0.717, 1.165) is 51.6 Å². The van der Waals surface area contributed by atoms with Crippen LogP contribution in [0.3, 0.4) is 0 Å². The lowest BCUT2D eigenvalue weighted by molar-refractivity contribution is -0.136. The molecule has 0 bridgehead atoms. The van der Waals surface area contributed by atoms with Crippen molar-refractivity contribution in [2.45, 2.75) is 58.4 Å². The topological polar surface area (TPSA) is 46.3 Å². The van der Waals surface area contributed by atoms with Gasteiger partial charge in [-0.25, -0.2) is 0 Å². The van der Waals surface area contributed by atoms with E-state index in [1.54, 1.807) is 0 Å². The quantitative estimate of drug-likeness (QED) is 0.828. The van der Waals surface area contributed by atoms with E-state index in [9.17, 15) is 4.79 Å². The summed E-state index contributed by atoms with van der Waals surface area (Å²) in [6, 6.07) is 0.243. The van der Waals surface area contributed by atoms with E-state index in [0.29, 0.717) is 5.91 Å². The Balaban J connectivity index is 0.00000256. The fraction of sp³-hybridized carbons (Fsp3) is 0.923. The maximum atomic E-state index is 12.3. The molecule has 1 saturated carbocycles.